The van der Waals surface area contributed by atoms with E-state index in [1.54, 1.807) is 7.11 Å². The van der Waals surface area contributed by atoms with Crippen molar-refractivity contribution in [3.05, 3.63) is 28.2 Å². The molecule has 0 spiro atoms. The van der Waals surface area contributed by atoms with Crippen molar-refractivity contribution in [2.45, 2.75) is 12.8 Å². The largest absolute Gasteiger partial charge is 0.409 e. The number of nitrogens with zero attached hydrogens (tertiary/aromatic N) is 2. The zero-order valence-electron chi connectivity index (χ0n) is 11.6. The van der Waals surface area contributed by atoms with Crippen molar-refractivity contribution in [3.8, 4) is 0 Å². The summed E-state index contributed by atoms with van der Waals surface area (Å²) in [4.78, 5) is 2.28. The number of hydrogen-bond acceptors (Lipinski definition) is 4. The van der Waals surface area contributed by atoms with Gasteiger partial charge in [0.25, 0.3) is 0 Å². The monoisotopic (exact) mass is 341 g/mol. The van der Waals surface area contributed by atoms with Crippen LogP contribution in [0, 0.1) is 5.92 Å². The molecule has 0 amide bonds. The van der Waals surface area contributed by atoms with E-state index in [1.165, 1.54) is 6.42 Å². The minimum atomic E-state index is 0.140. The van der Waals surface area contributed by atoms with Gasteiger partial charge in [0.15, 0.2) is 5.84 Å². The van der Waals surface area contributed by atoms with Crippen LogP contribution in [0.2, 0.25) is 0 Å². The van der Waals surface area contributed by atoms with E-state index in [2.05, 4.69) is 26.0 Å². The molecule has 3 N–H and O–H groups in total. The Kier molecular flexibility index (Phi) is 5.25. The van der Waals surface area contributed by atoms with Crippen LogP contribution in [0.5, 0.6) is 0 Å². The third-order valence-corrected chi connectivity index (χ3v) is 4.10. The number of nitrogens with two attached hydrogens (primary N) is 1. The standard InChI is InChI=1S/C14H20BrN3O2/c1-20-9-10-3-2-6-18(8-10)13-7-11(15)4-5-12(13)14(16)17-19/h4-5,7,10,19H,2-3,6,8-9H2,1H3,(H2,16,17). The normalized spacial score (nSPS) is 20.2. The van der Waals surface area contributed by atoms with Crippen LogP contribution >= 0.6 is 15.9 Å². The molecule has 0 radical (unpaired) electrons. The van der Waals surface area contributed by atoms with Crippen LogP contribution in [0.25, 0.3) is 0 Å². The summed E-state index contributed by atoms with van der Waals surface area (Å²) in [7, 11) is 1.74. The molecule has 5 nitrogen and oxygen atoms in total. The Balaban J connectivity index is 2.28. The highest BCUT2D eigenvalue weighted by molar-refractivity contribution is 9.10. The van der Waals surface area contributed by atoms with Gasteiger partial charge in [0.1, 0.15) is 0 Å². The average Bonchev–Trinajstić information content (AvgIpc) is 2.47. The Morgan fingerprint density at radius 1 is 1.60 bits per heavy atom. The number of oxime groups is 1. The molecule has 6 heteroatoms. The van der Waals surface area contributed by atoms with E-state index >= 15 is 0 Å². The second-order valence-corrected chi connectivity index (χ2v) is 5.97. The van der Waals surface area contributed by atoms with E-state index in [4.69, 9.17) is 15.7 Å². The number of piperidine rings is 1. The molecule has 0 bridgehead atoms. The summed E-state index contributed by atoms with van der Waals surface area (Å²) < 4.78 is 6.25. The van der Waals surface area contributed by atoms with Crippen LogP contribution in [-0.2, 0) is 4.74 Å². The summed E-state index contributed by atoms with van der Waals surface area (Å²) in [5, 5.41) is 12.1. The molecule has 0 saturated carbocycles. The lowest BCUT2D eigenvalue weighted by molar-refractivity contribution is 0.143. The predicted molar refractivity (Wildman–Crippen MR) is 83.5 cm³/mol. The SMILES string of the molecule is COCC1CCCN(c2cc(Br)ccc2/C(N)=N/O)C1. The fourth-order valence-electron chi connectivity index (χ4n) is 2.69. The zero-order valence-corrected chi connectivity index (χ0v) is 13.1. The number of halogens is 1. The molecular formula is C14H20BrN3O2. The van der Waals surface area contributed by atoms with Crippen LogP contribution in [-0.4, -0.2) is 37.8 Å². The van der Waals surface area contributed by atoms with Gasteiger partial charge in [-0.3, -0.25) is 0 Å². The number of ether oxygens (including phenoxy) is 1. The summed E-state index contributed by atoms with van der Waals surface area (Å²) in [5.74, 6) is 0.661. The number of hydrogen-bond donors (Lipinski definition) is 2. The molecule has 1 aromatic rings. The zero-order chi connectivity index (χ0) is 14.5. The Labute approximate surface area is 127 Å². The molecule has 2 rings (SSSR count). The van der Waals surface area contributed by atoms with Crippen LogP contribution in [0.1, 0.15) is 18.4 Å². The van der Waals surface area contributed by atoms with Crippen molar-refractivity contribution in [1.29, 1.82) is 0 Å². The van der Waals surface area contributed by atoms with Crippen LogP contribution in [0.3, 0.4) is 0 Å². The number of amidine groups is 1. The van der Waals surface area contributed by atoms with E-state index in [0.717, 1.165) is 41.8 Å². The molecule has 1 unspecified atom stereocenters. The summed E-state index contributed by atoms with van der Waals surface area (Å²) in [6, 6.07) is 5.78. The highest BCUT2D eigenvalue weighted by Crippen LogP contribution is 2.29. The fraction of sp³-hybridized carbons (Fsp3) is 0.500. The molecule has 1 aliphatic heterocycles. The lowest BCUT2D eigenvalue weighted by atomic mass is 9.97. The van der Waals surface area contributed by atoms with Crippen LogP contribution < -0.4 is 10.6 Å². The minimum absolute atomic E-state index is 0.140. The average molecular weight is 342 g/mol. The van der Waals surface area contributed by atoms with Crippen LogP contribution in [0.4, 0.5) is 5.69 Å². The Bertz CT molecular complexity index is 491. The molecular weight excluding hydrogens is 322 g/mol. The number of methoxy groups -OCH3 is 1. The summed E-state index contributed by atoms with van der Waals surface area (Å²) >= 11 is 3.49. The van der Waals surface area contributed by atoms with Gasteiger partial charge in [0, 0.05) is 35.9 Å². The lowest BCUT2D eigenvalue weighted by Crippen LogP contribution is -2.38. The Hall–Kier alpha value is -1.27. The molecule has 1 fully saturated rings. The topological polar surface area (TPSA) is 71.1 Å². The Morgan fingerprint density at radius 2 is 2.40 bits per heavy atom. The van der Waals surface area contributed by atoms with Gasteiger partial charge < -0.3 is 20.6 Å². The quantitative estimate of drug-likeness (QED) is 0.382. The third-order valence-electron chi connectivity index (χ3n) is 3.61. The van der Waals surface area contributed by atoms with Gasteiger partial charge in [0.2, 0.25) is 0 Å². The maximum Gasteiger partial charge on any atom is 0.172 e. The van der Waals surface area contributed by atoms with Gasteiger partial charge in [0.05, 0.1) is 6.61 Å². The van der Waals surface area contributed by atoms with Gasteiger partial charge in [-0.25, -0.2) is 0 Å². The highest BCUT2D eigenvalue weighted by Gasteiger charge is 2.22. The van der Waals surface area contributed by atoms with Crippen molar-refractivity contribution >= 4 is 27.5 Å². The van der Waals surface area contributed by atoms with Crippen molar-refractivity contribution in [1.82, 2.24) is 0 Å². The Morgan fingerprint density at radius 3 is 3.10 bits per heavy atom. The van der Waals surface area contributed by atoms with Gasteiger partial charge in [-0.2, -0.15) is 0 Å². The van der Waals surface area contributed by atoms with E-state index in [9.17, 15) is 0 Å². The third kappa shape index (κ3) is 3.43. The molecule has 1 aromatic carbocycles. The second kappa shape index (κ2) is 6.95. The maximum absolute atomic E-state index is 8.93. The van der Waals surface area contributed by atoms with Gasteiger partial charge >= 0.3 is 0 Å². The summed E-state index contributed by atoms with van der Waals surface area (Å²) in [5.41, 5.74) is 7.53. The van der Waals surface area contributed by atoms with Crippen LogP contribution in [0.15, 0.2) is 27.8 Å². The first kappa shape index (κ1) is 15.1. The second-order valence-electron chi connectivity index (χ2n) is 5.06. The predicted octanol–water partition coefficient (Wildman–Crippen LogP) is 2.41. The number of benzene rings is 1. The fourth-order valence-corrected chi connectivity index (χ4v) is 3.04. The summed E-state index contributed by atoms with van der Waals surface area (Å²) in [6.45, 7) is 2.67. The van der Waals surface area contributed by atoms with Crippen molar-refractivity contribution in [3.63, 3.8) is 0 Å². The molecule has 110 valence electrons. The van der Waals surface area contributed by atoms with Crippen molar-refractivity contribution in [2.24, 2.45) is 16.8 Å². The minimum Gasteiger partial charge on any atom is -0.409 e. The first-order valence-corrected chi connectivity index (χ1v) is 7.46. The molecule has 1 saturated heterocycles. The number of anilines is 1. The molecule has 0 aliphatic carbocycles. The van der Waals surface area contributed by atoms with E-state index < -0.39 is 0 Å². The number of rotatable bonds is 4. The van der Waals surface area contributed by atoms with E-state index in [-0.39, 0.29) is 5.84 Å². The van der Waals surface area contributed by atoms with Gasteiger partial charge in [-0.05, 0) is 37.0 Å². The maximum atomic E-state index is 8.93. The summed E-state index contributed by atoms with van der Waals surface area (Å²) in [6.07, 6.45) is 2.30. The highest BCUT2D eigenvalue weighted by atomic mass is 79.9. The first-order chi connectivity index (χ1) is 9.65. The molecule has 1 heterocycles. The lowest BCUT2D eigenvalue weighted by Gasteiger charge is -2.35. The first-order valence-electron chi connectivity index (χ1n) is 6.67. The van der Waals surface area contributed by atoms with Gasteiger partial charge in [-0.1, -0.05) is 21.1 Å². The van der Waals surface area contributed by atoms with Crippen molar-refractivity contribution < 1.29 is 9.94 Å². The van der Waals surface area contributed by atoms with Gasteiger partial charge in [-0.15, -0.1) is 0 Å². The molecule has 1 atom stereocenters. The molecule has 0 aromatic heterocycles. The molecule has 20 heavy (non-hydrogen) atoms. The smallest absolute Gasteiger partial charge is 0.172 e. The molecule has 1 aliphatic rings. The van der Waals surface area contributed by atoms with E-state index in [0.29, 0.717) is 5.92 Å². The van der Waals surface area contributed by atoms with E-state index in [1.807, 2.05) is 18.2 Å². The van der Waals surface area contributed by atoms with Crippen molar-refractivity contribution in [2.75, 3.05) is 31.7 Å².